The van der Waals surface area contributed by atoms with Crippen LogP contribution in [0.1, 0.15) is 24.6 Å². The molecule has 4 heteroatoms. The third-order valence-electron chi connectivity index (χ3n) is 4.74. The van der Waals surface area contributed by atoms with Crippen LogP contribution in [-0.2, 0) is 0 Å². The fraction of sp³-hybridized carbons (Fsp3) is 0.115. The Morgan fingerprint density at radius 2 is 1.70 bits per heavy atom. The smallest absolute Gasteiger partial charge is 0.123 e. The molecule has 2 N–H and O–H groups in total. The number of nitrogens with zero attached hydrogens (tertiary/aromatic N) is 1. The normalized spacial score (nSPS) is 10.5. The molecule has 2 nitrogen and oxygen atoms in total. The van der Waals surface area contributed by atoms with Crippen molar-refractivity contribution in [2.24, 2.45) is 0 Å². The first-order chi connectivity index (χ1) is 14.7. The Morgan fingerprint density at radius 3 is 2.40 bits per heavy atom. The van der Waals surface area contributed by atoms with Crippen molar-refractivity contribution in [3.8, 4) is 44.5 Å². The van der Waals surface area contributed by atoms with Gasteiger partial charge in [0, 0.05) is 40.5 Å². The van der Waals surface area contributed by atoms with E-state index in [0.717, 1.165) is 50.4 Å². The highest BCUT2D eigenvalue weighted by molar-refractivity contribution is 7.17. The van der Waals surface area contributed by atoms with Crippen LogP contribution < -0.4 is 5.73 Å². The Labute approximate surface area is 180 Å². The maximum atomic E-state index is 13.6. The Bertz CT molecular complexity index is 1220. The minimum Gasteiger partial charge on any atom is -0.399 e. The van der Waals surface area contributed by atoms with Gasteiger partial charge in [0.1, 0.15) is 5.82 Å². The van der Waals surface area contributed by atoms with Gasteiger partial charge in [0.05, 0.1) is 4.88 Å². The number of pyridine rings is 1. The molecule has 0 saturated carbocycles. The van der Waals surface area contributed by atoms with Gasteiger partial charge in [-0.3, -0.25) is 4.98 Å². The van der Waals surface area contributed by atoms with E-state index in [1.165, 1.54) is 12.1 Å². The number of hydrogen-bond acceptors (Lipinski definition) is 3. The van der Waals surface area contributed by atoms with Crippen LogP contribution >= 0.6 is 11.3 Å². The highest BCUT2D eigenvalue weighted by Gasteiger charge is 2.21. The number of thiophene rings is 1. The van der Waals surface area contributed by atoms with Crippen LogP contribution in [0.3, 0.4) is 0 Å². The van der Waals surface area contributed by atoms with Crippen LogP contribution in [0.4, 0.5) is 10.1 Å². The monoisotopic (exact) mass is 412 g/mol. The highest BCUT2D eigenvalue weighted by atomic mass is 32.1. The molecule has 30 heavy (non-hydrogen) atoms. The van der Waals surface area contributed by atoms with Gasteiger partial charge in [0.2, 0.25) is 0 Å². The lowest BCUT2D eigenvalue weighted by Gasteiger charge is -2.10. The minimum atomic E-state index is -0.250. The molecule has 0 aliphatic carbocycles. The lowest BCUT2D eigenvalue weighted by Crippen LogP contribution is -1.89. The number of halogens is 1. The van der Waals surface area contributed by atoms with Gasteiger partial charge < -0.3 is 5.73 Å². The Hall–Kier alpha value is -3.42. The second-order valence-corrected chi connectivity index (χ2v) is 7.95. The van der Waals surface area contributed by atoms with Crippen molar-refractivity contribution in [2.75, 3.05) is 5.73 Å². The molecule has 2 aromatic heterocycles. The van der Waals surface area contributed by atoms with E-state index in [0.29, 0.717) is 5.69 Å². The van der Waals surface area contributed by atoms with E-state index in [1.807, 2.05) is 42.5 Å². The van der Waals surface area contributed by atoms with E-state index in [9.17, 15) is 4.39 Å². The van der Waals surface area contributed by atoms with E-state index in [4.69, 9.17) is 5.73 Å². The third kappa shape index (κ3) is 4.12. The number of hydrogen-bond donors (Lipinski definition) is 1. The highest BCUT2D eigenvalue weighted by Crippen LogP contribution is 2.47. The molecule has 0 fully saturated rings. The van der Waals surface area contributed by atoms with Gasteiger partial charge in [-0.1, -0.05) is 43.0 Å². The van der Waals surface area contributed by atoms with Gasteiger partial charge in [0.25, 0.3) is 0 Å². The maximum Gasteiger partial charge on any atom is 0.123 e. The van der Waals surface area contributed by atoms with Crippen molar-refractivity contribution in [2.45, 2.75) is 19.8 Å². The van der Waals surface area contributed by atoms with Crippen LogP contribution in [0, 0.1) is 17.7 Å². The number of unbranched alkanes of at least 4 members (excludes halogenated alkanes) is 1. The number of nitrogen functional groups attached to an aromatic ring is 1. The van der Waals surface area contributed by atoms with Crippen molar-refractivity contribution in [1.29, 1.82) is 0 Å². The molecule has 0 aliphatic heterocycles. The second kappa shape index (κ2) is 8.94. The molecule has 0 atom stereocenters. The fourth-order valence-electron chi connectivity index (χ4n) is 3.36. The van der Waals surface area contributed by atoms with Crippen LogP contribution in [0.15, 0.2) is 73.1 Å². The van der Waals surface area contributed by atoms with Gasteiger partial charge >= 0.3 is 0 Å². The van der Waals surface area contributed by atoms with Crippen LogP contribution in [0.25, 0.3) is 32.7 Å². The summed E-state index contributed by atoms with van der Waals surface area (Å²) in [5.41, 5.74) is 12.0. The van der Waals surface area contributed by atoms with Crippen LogP contribution in [0.2, 0.25) is 0 Å². The summed E-state index contributed by atoms with van der Waals surface area (Å²) in [5.74, 6) is 6.42. The molecule has 0 aliphatic rings. The SMILES string of the molecule is CCCC#Cc1sc(-c2ccc(F)cc2)c(-c2ccncc2)c1-c1cccc(N)c1. The molecule has 0 saturated heterocycles. The van der Waals surface area contributed by atoms with E-state index in [1.54, 1.807) is 23.7 Å². The molecule has 0 spiro atoms. The quantitative estimate of drug-likeness (QED) is 0.289. The number of rotatable bonds is 4. The zero-order chi connectivity index (χ0) is 20.9. The summed E-state index contributed by atoms with van der Waals surface area (Å²) in [5, 5.41) is 0. The van der Waals surface area contributed by atoms with E-state index < -0.39 is 0 Å². The largest absolute Gasteiger partial charge is 0.399 e. The summed E-state index contributed by atoms with van der Waals surface area (Å²) in [6, 6.07) is 18.5. The molecule has 0 bridgehead atoms. The molecule has 2 heterocycles. The van der Waals surface area contributed by atoms with E-state index in [2.05, 4.69) is 29.8 Å². The summed E-state index contributed by atoms with van der Waals surface area (Å²) in [4.78, 5) is 6.22. The lowest BCUT2D eigenvalue weighted by atomic mass is 9.93. The average molecular weight is 413 g/mol. The minimum absolute atomic E-state index is 0.250. The molecule has 0 amide bonds. The van der Waals surface area contributed by atoms with Crippen molar-refractivity contribution >= 4 is 17.0 Å². The Kier molecular flexibility index (Phi) is 5.92. The Morgan fingerprint density at radius 1 is 0.933 bits per heavy atom. The van der Waals surface area contributed by atoms with Crippen LogP contribution in [-0.4, -0.2) is 4.98 Å². The zero-order valence-electron chi connectivity index (χ0n) is 16.7. The maximum absolute atomic E-state index is 13.6. The average Bonchev–Trinajstić information content (AvgIpc) is 3.14. The molecule has 4 aromatic rings. The number of anilines is 1. The topological polar surface area (TPSA) is 38.9 Å². The van der Waals surface area contributed by atoms with E-state index in [-0.39, 0.29) is 5.82 Å². The summed E-state index contributed by atoms with van der Waals surface area (Å²) < 4.78 is 13.6. The molecule has 148 valence electrons. The van der Waals surface area contributed by atoms with Gasteiger partial charge in [-0.05, 0) is 59.5 Å². The van der Waals surface area contributed by atoms with Crippen molar-refractivity contribution < 1.29 is 4.39 Å². The Balaban J connectivity index is 2.04. The number of nitrogens with two attached hydrogens (primary N) is 1. The molecular weight excluding hydrogens is 391 g/mol. The molecule has 0 radical (unpaired) electrons. The van der Waals surface area contributed by atoms with Gasteiger partial charge in [-0.15, -0.1) is 11.3 Å². The van der Waals surface area contributed by atoms with Crippen molar-refractivity contribution in [3.05, 3.63) is 83.8 Å². The second-order valence-electron chi connectivity index (χ2n) is 6.93. The molecular formula is C26H21FN2S. The van der Waals surface area contributed by atoms with E-state index >= 15 is 0 Å². The first-order valence-electron chi connectivity index (χ1n) is 9.85. The number of aromatic nitrogens is 1. The summed E-state index contributed by atoms with van der Waals surface area (Å²) in [7, 11) is 0. The van der Waals surface area contributed by atoms with Gasteiger partial charge in [0.15, 0.2) is 0 Å². The predicted molar refractivity (Wildman–Crippen MR) is 125 cm³/mol. The predicted octanol–water partition coefficient (Wildman–Crippen LogP) is 7.02. The molecule has 2 aromatic carbocycles. The van der Waals surface area contributed by atoms with Crippen LogP contribution in [0.5, 0.6) is 0 Å². The van der Waals surface area contributed by atoms with Crippen molar-refractivity contribution in [3.63, 3.8) is 0 Å². The first-order valence-corrected chi connectivity index (χ1v) is 10.7. The summed E-state index contributed by atoms with van der Waals surface area (Å²) >= 11 is 1.63. The van der Waals surface area contributed by atoms with Gasteiger partial charge in [-0.2, -0.15) is 0 Å². The lowest BCUT2D eigenvalue weighted by molar-refractivity contribution is 0.628. The van der Waals surface area contributed by atoms with Gasteiger partial charge in [-0.25, -0.2) is 4.39 Å². The summed E-state index contributed by atoms with van der Waals surface area (Å²) in [6.45, 7) is 2.12. The standard InChI is InChI=1S/C26H21FN2S/c1-2-3-4-8-23-24(20-6-5-7-22(28)17-20)25(18-13-15-29-16-14-18)26(30-23)19-9-11-21(27)12-10-19/h5-7,9-17H,2-3,28H2,1H3. The zero-order valence-corrected chi connectivity index (χ0v) is 17.5. The molecule has 4 rings (SSSR count). The van der Waals surface area contributed by atoms with Crippen molar-refractivity contribution in [1.82, 2.24) is 4.98 Å². The summed E-state index contributed by atoms with van der Waals surface area (Å²) in [6.07, 6.45) is 5.42. The third-order valence-corrected chi connectivity index (χ3v) is 5.89. The number of benzene rings is 2. The first kappa shape index (κ1) is 19.9. The molecule has 0 unspecified atom stereocenters. The fourth-order valence-corrected chi connectivity index (χ4v) is 4.58.